The first kappa shape index (κ1) is 3.50. The monoisotopic (exact) mass is 138 g/mol. The molecule has 0 fully saturated rings. The molecule has 50 valence electrons. The molecule has 0 saturated carbocycles. The Balaban J connectivity index is 3.09. The van der Waals surface area contributed by atoms with Gasteiger partial charge in [0.15, 0.2) is 7.06 Å². The number of H-pyrrole nitrogens is 2. The molecule has 0 radical (unpaired) electrons. The van der Waals surface area contributed by atoms with Gasteiger partial charge < -0.3 is 4.98 Å². The molecule has 0 atom stereocenters. The number of aromatic nitrogens is 4. The van der Waals surface area contributed by atoms with Crippen molar-refractivity contribution in [2.24, 2.45) is 0 Å². The van der Waals surface area contributed by atoms with Crippen LogP contribution in [-0.2, 0) is 0 Å². The van der Waals surface area contributed by atoms with Gasteiger partial charge >= 0.3 is 0 Å². The molecular formula is C5H4N4O. The van der Waals surface area contributed by atoms with Gasteiger partial charge in [0, 0.05) is 0 Å². The average Bonchev–Trinajstić information content (AvgIpc) is 2.29. The lowest BCUT2D eigenvalue weighted by atomic mass is 10.4. The van der Waals surface area contributed by atoms with E-state index in [9.17, 15) is 4.79 Å². The third-order valence-corrected chi connectivity index (χ3v) is 1.14. The number of rotatable bonds is 0. The van der Waals surface area contributed by atoms with Crippen LogP contribution in [0.2, 0.25) is 1.41 Å². The Bertz CT molecular complexity index is 488. The van der Waals surface area contributed by atoms with E-state index >= 15 is 0 Å². The maximum atomic E-state index is 11.1. The molecule has 0 amide bonds. The molecule has 0 spiro atoms. The molecule has 0 unspecified atom stereocenters. The smallest absolute Gasteiger partial charge is 0.261 e. The van der Waals surface area contributed by atoms with Gasteiger partial charge in [-0.1, -0.05) is 0 Å². The Hall–Kier alpha value is -1.65. The summed E-state index contributed by atoms with van der Waals surface area (Å²) < 4.78 is 14.4. The van der Waals surface area contributed by atoms with Crippen molar-refractivity contribution in [1.82, 2.24) is 20.2 Å². The van der Waals surface area contributed by atoms with Crippen LogP contribution in [0.3, 0.4) is 0 Å². The van der Waals surface area contributed by atoms with Crippen LogP contribution in [0.4, 0.5) is 0 Å². The lowest BCUT2D eigenvalue weighted by Crippen LogP contribution is -2.04. The Kier molecular flexibility index (Phi) is 0.582. The molecule has 2 aromatic heterocycles. The van der Waals surface area contributed by atoms with Crippen LogP contribution in [0, 0.1) is 0 Å². The summed E-state index contributed by atoms with van der Waals surface area (Å²) >= 11 is 0. The van der Waals surface area contributed by atoms with Crippen LogP contribution < -0.4 is 5.56 Å². The van der Waals surface area contributed by atoms with Gasteiger partial charge in [0.25, 0.3) is 5.56 Å². The first-order valence-electron chi connectivity index (χ1n) is 3.57. The summed E-state index contributed by atoms with van der Waals surface area (Å²) in [7, 11) is 0. The van der Waals surface area contributed by atoms with E-state index in [4.69, 9.17) is 2.78 Å². The Morgan fingerprint density at radius 1 is 1.80 bits per heavy atom. The van der Waals surface area contributed by atoms with E-state index in [2.05, 4.69) is 15.1 Å². The number of nitrogens with zero attached hydrogens (tertiary/aromatic N) is 2. The molecule has 2 aromatic rings. The van der Waals surface area contributed by atoms with Gasteiger partial charge in [-0.05, 0) is 0 Å². The lowest BCUT2D eigenvalue weighted by molar-refractivity contribution is 1.08. The first-order valence-corrected chi connectivity index (χ1v) is 2.62. The molecule has 2 rings (SSSR count). The minimum atomic E-state index is -0.441. The van der Waals surface area contributed by atoms with E-state index in [1.54, 1.807) is 0 Å². The zero-order valence-electron chi connectivity index (χ0n) is 6.83. The number of hydrogen-bond donors (Lipinski definition) is 2. The Morgan fingerprint density at radius 2 is 2.70 bits per heavy atom. The second-order valence-corrected chi connectivity index (χ2v) is 1.74. The lowest BCUT2D eigenvalue weighted by Gasteiger charge is -1.81. The molecule has 0 aliphatic carbocycles. The summed E-state index contributed by atoms with van der Waals surface area (Å²) in [5, 5.41) is 4.13. The maximum absolute atomic E-state index is 11.1. The van der Waals surface area contributed by atoms with Crippen molar-refractivity contribution < 1.29 is 2.78 Å². The highest BCUT2D eigenvalue weighted by Gasteiger charge is 1.97. The summed E-state index contributed by atoms with van der Waals surface area (Å²) in [6, 6.07) is 0. The van der Waals surface area contributed by atoms with E-state index in [0.29, 0.717) is 5.09 Å². The zero-order valence-corrected chi connectivity index (χ0v) is 4.83. The van der Waals surface area contributed by atoms with Crippen molar-refractivity contribution in [3.8, 4) is 0 Å². The van der Waals surface area contributed by atoms with Crippen molar-refractivity contribution in [2.75, 3.05) is 0 Å². The Labute approximate surface area is 58.0 Å². The largest absolute Gasteiger partial charge is 0.312 e. The minimum Gasteiger partial charge on any atom is -0.312 e. The van der Waals surface area contributed by atoms with Gasteiger partial charge in [-0.3, -0.25) is 9.89 Å². The fourth-order valence-corrected chi connectivity index (χ4v) is 0.689. The van der Waals surface area contributed by atoms with Crippen molar-refractivity contribution in [1.29, 1.82) is 0 Å². The summed E-state index contributed by atoms with van der Waals surface area (Å²) in [4.78, 5) is 17.1. The SMILES string of the molecule is [2H]c1nn([2H])c2nc[nH]c(=O)c12. The van der Waals surface area contributed by atoms with Gasteiger partial charge in [0.05, 0.1) is 13.9 Å². The van der Waals surface area contributed by atoms with Crippen LogP contribution >= 0.6 is 0 Å². The molecule has 0 bridgehead atoms. The van der Waals surface area contributed by atoms with Gasteiger partial charge in [-0.2, -0.15) is 5.10 Å². The van der Waals surface area contributed by atoms with E-state index in [1.165, 1.54) is 6.33 Å². The van der Waals surface area contributed by atoms with E-state index in [1.807, 2.05) is 0 Å². The average molecular weight is 138 g/mol. The fraction of sp³-hybridized carbons (Fsp3) is 0. The zero-order chi connectivity index (χ0) is 8.72. The second-order valence-electron chi connectivity index (χ2n) is 1.74. The molecule has 2 N–H and O–H groups in total. The fourth-order valence-electron chi connectivity index (χ4n) is 0.689. The van der Waals surface area contributed by atoms with E-state index in [-0.39, 0.29) is 17.2 Å². The Morgan fingerprint density at radius 3 is 3.50 bits per heavy atom. The third kappa shape index (κ3) is 0.540. The molecular weight excluding hydrogens is 132 g/mol. The molecule has 0 saturated heterocycles. The van der Waals surface area contributed by atoms with Crippen molar-refractivity contribution in [2.45, 2.75) is 0 Å². The summed E-state index contributed by atoms with van der Waals surface area (Å²) in [5.41, 5.74) is -0.341. The molecule has 2 heterocycles. The third-order valence-electron chi connectivity index (χ3n) is 1.14. The van der Waals surface area contributed by atoms with Crippen molar-refractivity contribution in [3.05, 3.63) is 22.9 Å². The standard InChI is InChI=1S/C5H4N4O/c10-5-3-1-8-9-4(3)6-2-7-5/h1-2H,(H2,6,7,8,9,10)/i1D/hD. The molecule has 0 aliphatic rings. The van der Waals surface area contributed by atoms with Crippen LogP contribution in [0.15, 0.2) is 17.3 Å². The van der Waals surface area contributed by atoms with E-state index in [0.717, 1.165) is 0 Å². The van der Waals surface area contributed by atoms with Gasteiger partial charge in [-0.15, -0.1) is 0 Å². The predicted octanol–water partition coefficient (Wildman–Crippen LogP) is -0.354. The molecule has 5 heteroatoms. The summed E-state index contributed by atoms with van der Waals surface area (Å²) in [6.07, 6.45) is 0.950. The highest BCUT2D eigenvalue weighted by atomic mass is 16.1. The summed E-state index contributed by atoms with van der Waals surface area (Å²) in [5.74, 6) is 0. The predicted molar refractivity (Wildman–Crippen MR) is 34.5 cm³/mol. The van der Waals surface area contributed by atoms with Crippen LogP contribution in [-0.4, -0.2) is 20.2 Å². The van der Waals surface area contributed by atoms with Crippen LogP contribution in [0.1, 0.15) is 1.37 Å². The number of fused-ring (bicyclic) bond motifs is 1. The molecule has 5 nitrogen and oxygen atoms in total. The second kappa shape index (κ2) is 1.66. The molecule has 0 aliphatic heterocycles. The molecule has 0 aromatic carbocycles. The maximum Gasteiger partial charge on any atom is 0.261 e. The topological polar surface area (TPSA) is 74.4 Å². The highest BCUT2D eigenvalue weighted by molar-refractivity contribution is 5.71. The number of hydrogen-bond acceptors (Lipinski definition) is 3. The van der Waals surface area contributed by atoms with Gasteiger partial charge in [0.2, 0.25) is 0 Å². The van der Waals surface area contributed by atoms with Gasteiger partial charge in [-0.25, -0.2) is 4.98 Å². The van der Waals surface area contributed by atoms with Crippen molar-refractivity contribution in [3.63, 3.8) is 0 Å². The van der Waals surface area contributed by atoms with E-state index < -0.39 is 5.56 Å². The van der Waals surface area contributed by atoms with Crippen LogP contribution in [0.25, 0.3) is 11.0 Å². The number of aromatic amines is 2. The van der Waals surface area contributed by atoms with Crippen molar-refractivity contribution >= 4 is 11.0 Å². The minimum absolute atomic E-state index is 0.0486. The highest BCUT2D eigenvalue weighted by Crippen LogP contribution is 1.96. The van der Waals surface area contributed by atoms with Crippen LogP contribution in [0.5, 0.6) is 0 Å². The first-order chi connectivity index (χ1) is 5.70. The molecule has 10 heavy (non-hydrogen) atoms. The quantitative estimate of drug-likeness (QED) is 0.522. The number of nitrogens with one attached hydrogen (secondary N) is 2. The normalized spacial score (nSPS) is 13.2. The van der Waals surface area contributed by atoms with Gasteiger partial charge in [0.1, 0.15) is 5.39 Å². The summed E-state index contributed by atoms with van der Waals surface area (Å²) in [6.45, 7) is 0.